The number of nitrogens with zero attached hydrogens (tertiary/aromatic N) is 2. The summed E-state index contributed by atoms with van der Waals surface area (Å²) in [7, 11) is -1.96. The van der Waals surface area contributed by atoms with Gasteiger partial charge in [0.2, 0.25) is 5.78 Å². The lowest BCUT2D eigenvalue weighted by Gasteiger charge is -2.27. The molecule has 18 heavy (non-hydrogen) atoms. The Bertz CT molecular complexity index is 422. The van der Waals surface area contributed by atoms with Gasteiger partial charge in [0.25, 0.3) is 0 Å². The van der Waals surface area contributed by atoms with Crippen LogP contribution in [-0.2, 0) is 0 Å². The second kappa shape index (κ2) is 6.65. The fraction of sp³-hybridized carbons (Fsp3) is 0.385. The van der Waals surface area contributed by atoms with Gasteiger partial charge in [0.1, 0.15) is 23.6 Å². The molecule has 0 radical (unpaired) electrons. The van der Waals surface area contributed by atoms with E-state index in [1.54, 1.807) is 0 Å². The summed E-state index contributed by atoms with van der Waals surface area (Å²) >= 11 is 0. The Hall–Kier alpha value is -1.21. The average Bonchev–Trinajstić information content (AvgIpc) is 2.35. The molecule has 0 bridgehead atoms. The molecule has 1 rings (SSSR count). The molecule has 3 nitrogen and oxygen atoms in total. The number of rotatable bonds is 5. The van der Waals surface area contributed by atoms with E-state index in [4.69, 9.17) is 0 Å². The van der Waals surface area contributed by atoms with Crippen molar-refractivity contribution in [2.24, 2.45) is 5.10 Å². The highest BCUT2D eigenvalue weighted by Gasteiger charge is 2.16. The monoisotopic (exact) mass is 278 g/mol. The van der Waals surface area contributed by atoms with Gasteiger partial charge >= 0.3 is 0 Å². The predicted octanol–water partition coefficient (Wildman–Crippen LogP) is 2.51. The van der Waals surface area contributed by atoms with Gasteiger partial charge in [-0.2, -0.15) is 5.10 Å². The minimum atomic E-state index is -0.979. The maximum Gasteiger partial charge on any atom is 0.208 e. The van der Waals surface area contributed by atoms with Crippen LogP contribution in [-0.4, -0.2) is 33.8 Å². The Morgan fingerprint density at radius 2 is 1.56 bits per heavy atom. The van der Waals surface area contributed by atoms with Gasteiger partial charge in [-0.3, -0.25) is 4.79 Å². The van der Waals surface area contributed by atoms with Crippen LogP contribution < -0.4 is 0 Å². The van der Waals surface area contributed by atoms with Crippen LogP contribution in [0.5, 0.6) is 0 Å². The Balaban J connectivity index is 2.92. The lowest BCUT2D eigenvalue weighted by atomic mass is 10.1. The van der Waals surface area contributed by atoms with Crippen LogP contribution in [0.3, 0.4) is 0 Å². The fourth-order valence-corrected chi connectivity index (χ4v) is 7.42. The number of carbonyl (C=O) groups excluding carboxylic acids is 1. The minimum absolute atomic E-state index is 0.0323. The summed E-state index contributed by atoms with van der Waals surface area (Å²) in [4.78, 5) is 12.2. The molecule has 0 N–H and O–H groups in total. The van der Waals surface area contributed by atoms with E-state index in [1.165, 1.54) is 0 Å². The molecule has 0 saturated heterocycles. The van der Waals surface area contributed by atoms with Crippen LogP contribution in [0.1, 0.15) is 17.3 Å². The van der Waals surface area contributed by atoms with E-state index >= 15 is 0 Å². The second-order valence-electron chi connectivity index (χ2n) is 4.95. The molecular weight excluding hydrogens is 256 g/mol. The number of benzene rings is 1. The first-order chi connectivity index (χ1) is 8.43. The highest BCUT2D eigenvalue weighted by atomic mass is 28.3. The van der Waals surface area contributed by atoms with Crippen LogP contribution in [0.25, 0.3) is 0 Å². The Kier molecular flexibility index (Phi) is 5.49. The van der Waals surface area contributed by atoms with E-state index in [1.807, 2.05) is 37.3 Å². The van der Waals surface area contributed by atoms with Gasteiger partial charge in [-0.25, -0.2) is 0 Å². The van der Waals surface area contributed by atoms with Gasteiger partial charge in [0.15, 0.2) is 0 Å². The number of hydrogen-bond donors (Lipinski definition) is 0. The molecule has 0 unspecified atom stereocenters. The molecule has 5 heteroatoms. The standard InChI is InChI=1S/C13H22N2OSi2/c1-11(14-15(17(2)3)18(4)5)13(16)12-9-7-6-8-10-12/h6-10,17-18H,1-5H3. The molecule has 0 aliphatic carbocycles. The minimum Gasteiger partial charge on any atom is -0.355 e. The third kappa shape index (κ3) is 3.92. The molecule has 1 aromatic rings. The summed E-state index contributed by atoms with van der Waals surface area (Å²) < 4.78 is 2.23. The normalized spacial score (nSPS) is 12.1. The van der Waals surface area contributed by atoms with Crippen LogP contribution in [0.4, 0.5) is 0 Å². The molecule has 0 atom stereocenters. The third-order valence-electron chi connectivity index (χ3n) is 2.69. The maximum absolute atomic E-state index is 12.2. The summed E-state index contributed by atoms with van der Waals surface area (Å²) in [5.41, 5.74) is 1.32. The van der Waals surface area contributed by atoms with Crippen molar-refractivity contribution in [3.63, 3.8) is 0 Å². The van der Waals surface area contributed by atoms with Gasteiger partial charge < -0.3 is 4.34 Å². The number of Topliss-reactive ketones (excluding diaryl/α,β-unsaturated/α-hetero) is 1. The fourth-order valence-electron chi connectivity index (χ4n) is 1.84. The highest BCUT2D eigenvalue weighted by molar-refractivity contribution is 6.70. The van der Waals surface area contributed by atoms with Crippen LogP contribution in [0.15, 0.2) is 35.4 Å². The molecule has 98 valence electrons. The van der Waals surface area contributed by atoms with Crippen molar-refractivity contribution in [3.05, 3.63) is 35.9 Å². The first kappa shape index (κ1) is 14.9. The molecule has 0 spiro atoms. The lowest BCUT2D eigenvalue weighted by Crippen LogP contribution is -2.40. The number of hydrogen-bond acceptors (Lipinski definition) is 3. The van der Waals surface area contributed by atoms with Gasteiger partial charge in [-0.15, -0.1) is 0 Å². The molecule has 0 aliphatic heterocycles. The zero-order valence-corrected chi connectivity index (χ0v) is 14.2. The SMILES string of the molecule is CC(=NN([SiH](C)C)[SiH](C)C)C(=O)c1ccccc1. The molecule has 0 amide bonds. The van der Waals surface area contributed by atoms with Crippen molar-refractivity contribution in [2.75, 3.05) is 0 Å². The van der Waals surface area contributed by atoms with E-state index in [-0.39, 0.29) is 5.78 Å². The van der Waals surface area contributed by atoms with Crippen molar-refractivity contribution in [1.29, 1.82) is 0 Å². The number of ketones is 1. The molecule has 0 saturated carbocycles. The van der Waals surface area contributed by atoms with Crippen LogP contribution >= 0.6 is 0 Å². The molecular formula is C13H22N2OSi2. The molecule has 0 heterocycles. The van der Waals surface area contributed by atoms with E-state index in [9.17, 15) is 4.79 Å². The van der Waals surface area contributed by atoms with Crippen LogP contribution in [0, 0.1) is 0 Å². The quantitative estimate of drug-likeness (QED) is 0.359. The van der Waals surface area contributed by atoms with E-state index in [0.717, 1.165) is 5.56 Å². The Morgan fingerprint density at radius 3 is 2.00 bits per heavy atom. The summed E-state index contributed by atoms with van der Waals surface area (Å²) in [6.07, 6.45) is 0. The third-order valence-corrected chi connectivity index (χ3v) is 8.61. The summed E-state index contributed by atoms with van der Waals surface area (Å²) in [5.74, 6) is 0.0323. The maximum atomic E-state index is 12.2. The Labute approximate surface area is 113 Å². The number of carbonyl (C=O) groups is 1. The summed E-state index contributed by atoms with van der Waals surface area (Å²) in [6, 6.07) is 9.35. The van der Waals surface area contributed by atoms with Crippen molar-refractivity contribution < 1.29 is 4.79 Å². The molecule has 0 fully saturated rings. The smallest absolute Gasteiger partial charge is 0.208 e. The molecule has 0 aliphatic rings. The highest BCUT2D eigenvalue weighted by Crippen LogP contribution is 2.05. The van der Waals surface area contributed by atoms with E-state index in [0.29, 0.717) is 5.71 Å². The first-order valence-corrected chi connectivity index (χ1v) is 12.0. The zero-order valence-electron chi connectivity index (χ0n) is 11.8. The number of hydrazone groups is 1. The summed E-state index contributed by atoms with van der Waals surface area (Å²) in [6.45, 7) is 10.8. The topological polar surface area (TPSA) is 32.7 Å². The molecule has 1 aromatic carbocycles. The average molecular weight is 279 g/mol. The predicted molar refractivity (Wildman–Crippen MR) is 83.5 cm³/mol. The molecule has 0 aromatic heterocycles. The van der Waals surface area contributed by atoms with Gasteiger partial charge in [0, 0.05) is 5.56 Å². The van der Waals surface area contributed by atoms with Crippen molar-refractivity contribution in [2.45, 2.75) is 33.1 Å². The second-order valence-corrected chi connectivity index (χ2v) is 11.0. The van der Waals surface area contributed by atoms with Gasteiger partial charge in [-0.05, 0) is 6.92 Å². The lowest BCUT2D eigenvalue weighted by molar-refractivity contribution is 0.106. The van der Waals surface area contributed by atoms with E-state index in [2.05, 4.69) is 35.6 Å². The largest absolute Gasteiger partial charge is 0.355 e. The van der Waals surface area contributed by atoms with Crippen LogP contribution in [0.2, 0.25) is 26.2 Å². The first-order valence-electron chi connectivity index (χ1n) is 6.36. The van der Waals surface area contributed by atoms with Crippen molar-refractivity contribution in [1.82, 2.24) is 4.34 Å². The van der Waals surface area contributed by atoms with E-state index < -0.39 is 17.9 Å². The zero-order chi connectivity index (χ0) is 13.7. The van der Waals surface area contributed by atoms with Crippen molar-refractivity contribution in [3.8, 4) is 0 Å². The van der Waals surface area contributed by atoms with Gasteiger partial charge in [-0.1, -0.05) is 56.5 Å². The Morgan fingerprint density at radius 1 is 1.06 bits per heavy atom. The van der Waals surface area contributed by atoms with Gasteiger partial charge in [0.05, 0.1) is 0 Å². The van der Waals surface area contributed by atoms with Crippen molar-refractivity contribution >= 4 is 29.4 Å². The summed E-state index contributed by atoms with van der Waals surface area (Å²) in [5, 5.41) is 4.58.